The number of hydrogen-bond donors (Lipinski definition) is 0. The fourth-order valence-corrected chi connectivity index (χ4v) is 5.02. The number of amides is 1. The molecule has 2 aromatic rings. The van der Waals surface area contributed by atoms with Gasteiger partial charge in [-0.15, -0.1) is 0 Å². The minimum absolute atomic E-state index is 0.198. The van der Waals surface area contributed by atoms with E-state index in [0.717, 1.165) is 80.5 Å². The molecule has 2 saturated heterocycles. The lowest BCUT2D eigenvalue weighted by Crippen LogP contribution is -2.42. The molecule has 5 rings (SSSR count). The Kier molecular flexibility index (Phi) is 6.23. The van der Waals surface area contributed by atoms with Crippen molar-refractivity contribution in [1.29, 1.82) is 0 Å². The fourth-order valence-electron chi connectivity index (χ4n) is 5.02. The standard InChI is InChI=1S/C25H33N5O2/c1-18-15-27-25(28-16-18)30-10-5-20(6-11-30)22-14-21(22)7-12-32-23-4-3-19(17-26-23)13-24(31)29-8-2-9-29/h3-4,15-17,20-22H,2,5-14H2,1H3/t21-,22-/m1/s1. The van der Waals surface area contributed by atoms with Crippen molar-refractivity contribution in [3.05, 3.63) is 41.9 Å². The van der Waals surface area contributed by atoms with Gasteiger partial charge in [0, 0.05) is 50.8 Å². The van der Waals surface area contributed by atoms with E-state index in [0.29, 0.717) is 12.3 Å². The van der Waals surface area contributed by atoms with Gasteiger partial charge in [-0.3, -0.25) is 4.79 Å². The third kappa shape index (κ3) is 5.03. The zero-order chi connectivity index (χ0) is 21.9. The number of ether oxygens (including phenoxy) is 1. The Balaban J connectivity index is 0.997. The first-order chi connectivity index (χ1) is 15.7. The first-order valence-electron chi connectivity index (χ1n) is 12.0. The van der Waals surface area contributed by atoms with Crippen LogP contribution in [0.5, 0.6) is 5.88 Å². The molecular weight excluding hydrogens is 402 g/mol. The first-order valence-corrected chi connectivity index (χ1v) is 12.0. The highest BCUT2D eigenvalue weighted by atomic mass is 16.5. The summed E-state index contributed by atoms with van der Waals surface area (Å²) in [6, 6.07) is 3.86. The molecule has 0 N–H and O–H groups in total. The number of nitrogens with zero attached hydrogens (tertiary/aromatic N) is 5. The van der Waals surface area contributed by atoms with E-state index in [9.17, 15) is 4.79 Å². The van der Waals surface area contributed by atoms with Crippen LogP contribution in [0, 0.1) is 24.7 Å². The van der Waals surface area contributed by atoms with Crippen LogP contribution >= 0.6 is 0 Å². The van der Waals surface area contributed by atoms with Crippen molar-refractivity contribution in [3.8, 4) is 5.88 Å². The smallest absolute Gasteiger partial charge is 0.227 e. The van der Waals surface area contributed by atoms with Crippen LogP contribution in [0.2, 0.25) is 0 Å². The molecule has 0 radical (unpaired) electrons. The maximum Gasteiger partial charge on any atom is 0.227 e. The molecule has 3 fully saturated rings. The van der Waals surface area contributed by atoms with Gasteiger partial charge in [0.2, 0.25) is 17.7 Å². The molecule has 170 valence electrons. The van der Waals surface area contributed by atoms with Crippen LogP contribution in [-0.4, -0.2) is 58.5 Å². The summed E-state index contributed by atoms with van der Waals surface area (Å²) in [6.45, 7) is 6.66. The highest BCUT2D eigenvalue weighted by Crippen LogP contribution is 2.49. The van der Waals surface area contributed by atoms with Gasteiger partial charge in [0.15, 0.2) is 0 Å². The lowest BCUT2D eigenvalue weighted by Gasteiger charge is -2.32. The van der Waals surface area contributed by atoms with E-state index in [1.807, 2.05) is 36.4 Å². The van der Waals surface area contributed by atoms with E-state index >= 15 is 0 Å². The summed E-state index contributed by atoms with van der Waals surface area (Å²) in [6.07, 6.45) is 12.0. The predicted octanol–water partition coefficient (Wildman–Crippen LogP) is 3.28. The lowest BCUT2D eigenvalue weighted by atomic mass is 9.90. The fraction of sp³-hybridized carbons (Fsp3) is 0.600. The van der Waals surface area contributed by atoms with Crippen LogP contribution in [0.4, 0.5) is 5.95 Å². The van der Waals surface area contributed by atoms with E-state index in [1.54, 1.807) is 6.20 Å². The molecule has 1 amide bonds. The van der Waals surface area contributed by atoms with Gasteiger partial charge in [-0.05, 0) is 67.9 Å². The van der Waals surface area contributed by atoms with Crippen molar-refractivity contribution in [2.45, 2.75) is 45.4 Å². The largest absolute Gasteiger partial charge is 0.478 e. The van der Waals surface area contributed by atoms with Gasteiger partial charge in [-0.2, -0.15) is 0 Å². The Morgan fingerprint density at radius 1 is 1.06 bits per heavy atom. The number of carbonyl (C=O) groups excluding carboxylic acids is 1. The second-order valence-corrected chi connectivity index (χ2v) is 9.60. The molecule has 3 aliphatic rings. The molecule has 1 saturated carbocycles. The van der Waals surface area contributed by atoms with Crippen LogP contribution < -0.4 is 9.64 Å². The van der Waals surface area contributed by atoms with Crippen LogP contribution in [0.3, 0.4) is 0 Å². The molecule has 7 nitrogen and oxygen atoms in total. The summed E-state index contributed by atoms with van der Waals surface area (Å²) < 4.78 is 5.89. The second kappa shape index (κ2) is 9.43. The van der Waals surface area contributed by atoms with E-state index in [4.69, 9.17) is 4.74 Å². The average molecular weight is 436 g/mol. The van der Waals surface area contributed by atoms with Gasteiger partial charge in [0.05, 0.1) is 13.0 Å². The van der Waals surface area contributed by atoms with Crippen molar-refractivity contribution in [1.82, 2.24) is 19.9 Å². The molecule has 0 spiro atoms. The summed E-state index contributed by atoms with van der Waals surface area (Å²) in [4.78, 5) is 29.6. The molecule has 1 aliphatic carbocycles. The normalized spacial score (nSPS) is 23.0. The number of hydrogen-bond acceptors (Lipinski definition) is 6. The minimum atomic E-state index is 0.198. The van der Waals surface area contributed by atoms with Crippen LogP contribution in [0.15, 0.2) is 30.7 Å². The van der Waals surface area contributed by atoms with Gasteiger partial charge in [-0.25, -0.2) is 15.0 Å². The molecule has 7 heteroatoms. The highest BCUT2D eigenvalue weighted by Gasteiger charge is 2.43. The Morgan fingerprint density at radius 3 is 2.50 bits per heavy atom. The van der Waals surface area contributed by atoms with Crippen molar-refractivity contribution < 1.29 is 9.53 Å². The van der Waals surface area contributed by atoms with Gasteiger partial charge in [0.1, 0.15) is 0 Å². The number of likely N-dealkylation sites (tertiary alicyclic amines) is 1. The molecule has 2 atom stereocenters. The topological polar surface area (TPSA) is 71.5 Å². The van der Waals surface area contributed by atoms with E-state index in [2.05, 4.69) is 19.9 Å². The highest BCUT2D eigenvalue weighted by molar-refractivity contribution is 5.79. The summed E-state index contributed by atoms with van der Waals surface area (Å²) in [5.74, 6) is 4.19. The van der Waals surface area contributed by atoms with Crippen molar-refractivity contribution in [3.63, 3.8) is 0 Å². The predicted molar refractivity (Wildman–Crippen MR) is 123 cm³/mol. The number of pyridine rings is 1. The molecule has 0 aromatic carbocycles. The van der Waals surface area contributed by atoms with Crippen molar-refractivity contribution in [2.75, 3.05) is 37.7 Å². The quantitative estimate of drug-likeness (QED) is 0.634. The Morgan fingerprint density at radius 2 is 1.84 bits per heavy atom. The summed E-state index contributed by atoms with van der Waals surface area (Å²) in [5.41, 5.74) is 2.06. The van der Waals surface area contributed by atoms with Crippen LogP contribution in [0.25, 0.3) is 0 Å². The number of piperidine rings is 1. The maximum absolute atomic E-state index is 12.1. The van der Waals surface area contributed by atoms with Gasteiger partial charge in [0.25, 0.3) is 0 Å². The molecular formula is C25H33N5O2. The van der Waals surface area contributed by atoms with Gasteiger partial charge in [-0.1, -0.05) is 6.07 Å². The zero-order valence-corrected chi connectivity index (χ0v) is 18.9. The summed E-state index contributed by atoms with van der Waals surface area (Å²) >= 11 is 0. The molecule has 2 aromatic heterocycles. The van der Waals surface area contributed by atoms with Crippen molar-refractivity contribution >= 4 is 11.9 Å². The van der Waals surface area contributed by atoms with Gasteiger partial charge >= 0.3 is 0 Å². The zero-order valence-electron chi connectivity index (χ0n) is 18.9. The minimum Gasteiger partial charge on any atom is -0.478 e. The van der Waals surface area contributed by atoms with Crippen LogP contribution in [-0.2, 0) is 11.2 Å². The van der Waals surface area contributed by atoms with Gasteiger partial charge < -0.3 is 14.5 Å². The Hall–Kier alpha value is -2.70. The average Bonchev–Trinajstić information content (AvgIpc) is 3.54. The molecule has 0 unspecified atom stereocenters. The Bertz CT molecular complexity index is 905. The third-order valence-electron chi connectivity index (χ3n) is 7.27. The second-order valence-electron chi connectivity index (χ2n) is 9.60. The number of anilines is 1. The molecule has 2 aliphatic heterocycles. The number of carbonyl (C=O) groups is 1. The van der Waals surface area contributed by atoms with Crippen LogP contribution in [0.1, 0.15) is 43.2 Å². The number of rotatable bonds is 8. The molecule has 0 bridgehead atoms. The first kappa shape index (κ1) is 21.2. The van der Waals surface area contributed by atoms with E-state index in [-0.39, 0.29) is 5.91 Å². The summed E-state index contributed by atoms with van der Waals surface area (Å²) in [5, 5.41) is 0. The third-order valence-corrected chi connectivity index (χ3v) is 7.27. The van der Waals surface area contributed by atoms with E-state index in [1.165, 1.54) is 19.3 Å². The molecule has 4 heterocycles. The SMILES string of the molecule is Cc1cnc(N2CCC([C@H]3C[C@H]3CCOc3ccc(CC(=O)N4CCC4)cn3)CC2)nc1. The molecule has 32 heavy (non-hydrogen) atoms. The monoisotopic (exact) mass is 435 g/mol. The number of aryl methyl sites for hydroxylation is 1. The van der Waals surface area contributed by atoms with E-state index < -0.39 is 0 Å². The summed E-state index contributed by atoms with van der Waals surface area (Å²) in [7, 11) is 0. The maximum atomic E-state index is 12.1. The number of aromatic nitrogens is 3. The Labute approximate surface area is 190 Å². The lowest BCUT2D eigenvalue weighted by molar-refractivity contribution is -0.133. The van der Waals surface area contributed by atoms with Crippen molar-refractivity contribution in [2.24, 2.45) is 17.8 Å².